The molecule has 33 heavy (non-hydrogen) atoms. The summed E-state index contributed by atoms with van der Waals surface area (Å²) in [5.74, 6) is 3.03. The molecule has 3 heteroatoms. The molecule has 2 nitrogen and oxygen atoms in total. The molecule has 0 bridgehead atoms. The number of piperidine rings is 1. The maximum absolute atomic E-state index is 4.90. The van der Waals surface area contributed by atoms with Gasteiger partial charge in [-0.25, -0.2) is 0 Å². The molecule has 2 aliphatic rings. The molecule has 0 aromatic heterocycles. The SMILES string of the molecule is C=C(C)CC(C)C1CC1C=Nc1cc(Sc2ccc(N3CCC(CC)CC3)cc2)ccc1C. The van der Waals surface area contributed by atoms with Crippen molar-refractivity contribution in [2.75, 3.05) is 18.0 Å². The normalized spacial score (nSPS) is 22.0. The van der Waals surface area contributed by atoms with Crippen LogP contribution in [0.2, 0.25) is 0 Å². The van der Waals surface area contributed by atoms with Crippen molar-refractivity contribution in [1.29, 1.82) is 0 Å². The van der Waals surface area contributed by atoms with Crippen LogP contribution in [0.5, 0.6) is 0 Å². The molecule has 1 saturated carbocycles. The highest BCUT2D eigenvalue weighted by atomic mass is 32.2. The van der Waals surface area contributed by atoms with E-state index in [-0.39, 0.29) is 0 Å². The van der Waals surface area contributed by atoms with Gasteiger partial charge in [-0.15, -0.1) is 6.58 Å². The van der Waals surface area contributed by atoms with Crippen molar-refractivity contribution in [3.8, 4) is 0 Å². The Kier molecular flexibility index (Phi) is 8.01. The van der Waals surface area contributed by atoms with Gasteiger partial charge >= 0.3 is 0 Å². The molecule has 0 radical (unpaired) electrons. The third-order valence-corrected chi connectivity index (χ3v) is 8.51. The molecule has 1 aliphatic carbocycles. The molecular formula is C30H40N2S. The summed E-state index contributed by atoms with van der Waals surface area (Å²) >= 11 is 1.83. The van der Waals surface area contributed by atoms with Gasteiger partial charge in [0.05, 0.1) is 5.69 Å². The van der Waals surface area contributed by atoms with Crippen LogP contribution in [0.3, 0.4) is 0 Å². The van der Waals surface area contributed by atoms with Crippen molar-refractivity contribution in [3.63, 3.8) is 0 Å². The van der Waals surface area contributed by atoms with Crippen LogP contribution in [-0.4, -0.2) is 19.3 Å². The lowest BCUT2D eigenvalue weighted by Crippen LogP contribution is -2.33. The Morgan fingerprint density at radius 1 is 1.15 bits per heavy atom. The second kappa shape index (κ2) is 11.0. The molecule has 2 aromatic carbocycles. The predicted molar refractivity (Wildman–Crippen MR) is 145 cm³/mol. The van der Waals surface area contributed by atoms with E-state index in [4.69, 9.17) is 4.99 Å². The molecule has 4 rings (SSSR count). The monoisotopic (exact) mass is 460 g/mol. The molecule has 1 aliphatic heterocycles. The summed E-state index contributed by atoms with van der Waals surface area (Å²) in [5.41, 5.74) is 5.00. The maximum atomic E-state index is 4.90. The fourth-order valence-corrected chi connectivity index (χ4v) is 6.04. The summed E-state index contributed by atoms with van der Waals surface area (Å²) in [4.78, 5) is 9.99. The molecule has 0 N–H and O–H groups in total. The van der Waals surface area contributed by atoms with E-state index in [1.54, 1.807) is 0 Å². The predicted octanol–water partition coefficient (Wildman–Crippen LogP) is 8.71. The van der Waals surface area contributed by atoms with E-state index in [9.17, 15) is 0 Å². The van der Waals surface area contributed by atoms with Crippen LogP contribution in [0.1, 0.15) is 58.4 Å². The molecule has 2 fully saturated rings. The number of aliphatic imine (C=N–C) groups is 1. The minimum Gasteiger partial charge on any atom is -0.372 e. The fraction of sp³-hybridized carbons (Fsp3) is 0.500. The zero-order valence-corrected chi connectivity index (χ0v) is 21.7. The molecule has 176 valence electrons. The van der Waals surface area contributed by atoms with Gasteiger partial charge in [-0.1, -0.05) is 43.7 Å². The first-order valence-electron chi connectivity index (χ1n) is 12.7. The number of hydrogen-bond donors (Lipinski definition) is 0. The van der Waals surface area contributed by atoms with Crippen molar-refractivity contribution >= 4 is 29.4 Å². The van der Waals surface area contributed by atoms with Crippen molar-refractivity contribution in [1.82, 2.24) is 0 Å². The lowest BCUT2D eigenvalue weighted by molar-refractivity contribution is 0.395. The quantitative estimate of drug-likeness (QED) is 0.275. The summed E-state index contributed by atoms with van der Waals surface area (Å²) in [6.45, 7) is 15.4. The molecule has 1 saturated heterocycles. The Morgan fingerprint density at radius 2 is 1.85 bits per heavy atom. The van der Waals surface area contributed by atoms with E-state index in [0.29, 0.717) is 11.8 Å². The van der Waals surface area contributed by atoms with Crippen LogP contribution >= 0.6 is 11.8 Å². The average molecular weight is 461 g/mol. The summed E-state index contributed by atoms with van der Waals surface area (Å²) < 4.78 is 0. The minimum absolute atomic E-state index is 0.630. The minimum atomic E-state index is 0.630. The molecule has 1 heterocycles. The number of rotatable bonds is 9. The fourth-order valence-electron chi connectivity index (χ4n) is 5.19. The lowest BCUT2D eigenvalue weighted by atomic mass is 9.94. The molecule has 2 aromatic rings. The third-order valence-electron chi connectivity index (χ3n) is 7.51. The number of aryl methyl sites for hydroxylation is 1. The lowest BCUT2D eigenvalue weighted by Gasteiger charge is -2.33. The van der Waals surface area contributed by atoms with Crippen LogP contribution in [0.4, 0.5) is 11.4 Å². The average Bonchev–Trinajstić information content (AvgIpc) is 3.59. The third kappa shape index (κ3) is 6.53. The second-order valence-corrected chi connectivity index (χ2v) is 11.5. The summed E-state index contributed by atoms with van der Waals surface area (Å²) in [6.07, 6.45) is 8.58. The van der Waals surface area contributed by atoms with Crippen LogP contribution < -0.4 is 4.90 Å². The van der Waals surface area contributed by atoms with Crippen LogP contribution in [0, 0.1) is 30.6 Å². The topological polar surface area (TPSA) is 15.6 Å². The van der Waals surface area contributed by atoms with Crippen molar-refractivity contribution in [3.05, 3.63) is 60.2 Å². The highest BCUT2D eigenvalue weighted by Gasteiger charge is 2.39. The molecular weight excluding hydrogens is 420 g/mol. The van der Waals surface area contributed by atoms with E-state index < -0.39 is 0 Å². The number of benzene rings is 2. The summed E-state index contributed by atoms with van der Waals surface area (Å²) in [7, 11) is 0. The van der Waals surface area contributed by atoms with Crippen LogP contribution in [0.15, 0.2) is 69.4 Å². The molecule has 0 amide bonds. The first kappa shape index (κ1) is 24.1. The Labute approximate surface area is 205 Å². The van der Waals surface area contributed by atoms with Gasteiger partial charge in [-0.05, 0) is 105 Å². The van der Waals surface area contributed by atoms with E-state index in [0.717, 1.165) is 23.9 Å². The van der Waals surface area contributed by atoms with Crippen LogP contribution in [-0.2, 0) is 0 Å². The zero-order chi connectivity index (χ0) is 23.4. The van der Waals surface area contributed by atoms with E-state index in [1.807, 2.05) is 11.8 Å². The number of hydrogen-bond acceptors (Lipinski definition) is 3. The van der Waals surface area contributed by atoms with Crippen molar-refractivity contribution < 1.29 is 0 Å². The van der Waals surface area contributed by atoms with Crippen LogP contribution in [0.25, 0.3) is 0 Å². The van der Waals surface area contributed by atoms with Gasteiger partial charge in [-0.3, -0.25) is 4.99 Å². The Bertz CT molecular complexity index is 969. The van der Waals surface area contributed by atoms with Gasteiger partial charge in [0.15, 0.2) is 0 Å². The summed E-state index contributed by atoms with van der Waals surface area (Å²) in [6, 6.07) is 15.8. The van der Waals surface area contributed by atoms with Gasteiger partial charge in [0.25, 0.3) is 0 Å². The van der Waals surface area contributed by atoms with E-state index in [2.05, 4.69) is 87.9 Å². The first-order chi connectivity index (χ1) is 15.9. The Hall–Kier alpha value is -2.00. The Morgan fingerprint density at radius 3 is 2.52 bits per heavy atom. The first-order valence-corrected chi connectivity index (χ1v) is 13.6. The van der Waals surface area contributed by atoms with Gasteiger partial charge in [0.2, 0.25) is 0 Å². The summed E-state index contributed by atoms with van der Waals surface area (Å²) in [5, 5.41) is 0. The van der Waals surface area contributed by atoms with E-state index in [1.165, 1.54) is 65.4 Å². The standard InChI is InChI=1S/C30H40N2S/c1-6-24-13-15-32(16-14-24)26-8-11-27(12-9-26)33-28-10-7-22(4)30(19-28)31-20-25-18-29(25)23(5)17-21(2)3/h7-12,19-20,23-25,29H,2,6,13-18H2,1,3-5H3. The second-order valence-electron chi connectivity index (χ2n) is 10.4. The highest BCUT2D eigenvalue weighted by molar-refractivity contribution is 7.99. The number of allylic oxidation sites excluding steroid dienone is 1. The zero-order valence-electron chi connectivity index (χ0n) is 20.9. The van der Waals surface area contributed by atoms with Gasteiger partial charge in [0, 0.05) is 34.8 Å². The number of anilines is 1. The van der Waals surface area contributed by atoms with Gasteiger partial charge in [-0.2, -0.15) is 0 Å². The van der Waals surface area contributed by atoms with Gasteiger partial charge in [0.1, 0.15) is 0 Å². The smallest absolute Gasteiger partial charge is 0.0666 e. The van der Waals surface area contributed by atoms with Crippen molar-refractivity contribution in [2.45, 2.75) is 69.6 Å². The molecule has 3 atom stereocenters. The van der Waals surface area contributed by atoms with E-state index >= 15 is 0 Å². The molecule has 3 unspecified atom stereocenters. The maximum Gasteiger partial charge on any atom is 0.0666 e. The van der Waals surface area contributed by atoms with Crippen molar-refractivity contribution in [2.24, 2.45) is 28.7 Å². The largest absolute Gasteiger partial charge is 0.372 e. The molecule has 0 spiro atoms. The number of nitrogens with zero attached hydrogens (tertiary/aromatic N) is 2. The highest BCUT2D eigenvalue weighted by Crippen LogP contribution is 2.45. The Balaban J connectivity index is 1.35. The van der Waals surface area contributed by atoms with Gasteiger partial charge < -0.3 is 4.90 Å².